The van der Waals surface area contributed by atoms with Gasteiger partial charge in [-0.15, -0.1) is 0 Å². The van der Waals surface area contributed by atoms with Crippen molar-refractivity contribution in [2.24, 2.45) is 0 Å². The van der Waals surface area contributed by atoms with Gasteiger partial charge in [0.05, 0.1) is 24.4 Å². The van der Waals surface area contributed by atoms with Gasteiger partial charge in [0.2, 0.25) is 5.88 Å². The molecule has 0 unspecified atom stereocenters. The summed E-state index contributed by atoms with van der Waals surface area (Å²) < 4.78 is 5.91. The Kier molecular flexibility index (Phi) is 7.93. The lowest BCUT2D eigenvalue weighted by molar-refractivity contribution is 0.00516. The molecule has 40 heavy (non-hydrogen) atoms. The number of nitriles is 1. The third kappa shape index (κ3) is 5.33. The van der Waals surface area contributed by atoms with Crippen LogP contribution in [0.4, 0.5) is 0 Å². The highest BCUT2D eigenvalue weighted by Gasteiger charge is 2.43. The summed E-state index contributed by atoms with van der Waals surface area (Å²) in [6.45, 7) is 0.683. The zero-order valence-corrected chi connectivity index (χ0v) is 23.1. The molecule has 0 spiro atoms. The van der Waals surface area contributed by atoms with Gasteiger partial charge in [-0.25, -0.2) is 4.98 Å². The van der Waals surface area contributed by atoms with E-state index < -0.39 is 11.5 Å². The van der Waals surface area contributed by atoms with Gasteiger partial charge in [0.25, 0.3) is 0 Å². The van der Waals surface area contributed by atoms with Gasteiger partial charge in [0.1, 0.15) is 5.60 Å². The van der Waals surface area contributed by atoms with E-state index in [1.165, 1.54) is 0 Å². The summed E-state index contributed by atoms with van der Waals surface area (Å²) in [6.07, 6.45) is 0.494. The van der Waals surface area contributed by atoms with Crippen LogP contribution >= 0.6 is 0 Å². The predicted octanol–water partition coefficient (Wildman–Crippen LogP) is 6.75. The molecule has 5 nitrogen and oxygen atoms in total. The molecule has 0 fully saturated rings. The molecule has 5 aromatic rings. The minimum Gasteiger partial charge on any atom is -0.481 e. The normalized spacial score (nSPS) is 13.5. The second-order valence-electron chi connectivity index (χ2n) is 10.3. The van der Waals surface area contributed by atoms with Crippen molar-refractivity contribution >= 4 is 10.8 Å². The summed E-state index contributed by atoms with van der Waals surface area (Å²) >= 11 is 0. The molecule has 1 heterocycles. The van der Waals surface area contributed by atoms with Crippen molar-refractivity contribution in [2.75, 3.05) is 27.7 Å². The number of rotatable bonds is 9. The first-order chi connectivity index (χ1) is 19.4. The molecular formula is C35H33N3O2. The maximum absolute atomic E-state index is 13.0. The van der Waals surface area contributed by atoms with Crippen molar-refractivity contribution in [2.45, 2.75) is 17.9 Å². The van der Waals surface area contributed by atoms with E-state index in [0.717, 1.165) is 38.7 Å². The fourth-order valence-electron chi connectivity index (χ4n) is 5.50. The van der Waals surface area contributed by atoms with Crippen LogP contribution in [-0.4, -0.2) is 42.7 Å². The van der Waals surface area contributed by atoms with Crippen LogP contribution in [0.5, 0.6) is 5.88 Å². The monoisotopic (exact) mass is 527 g/mol. The number of fused-ring (bicyclic) bond motifs is 1. The number of aromatic nitrogens is 1. The molecule has 2 atom stereocenters. The predicted molar refractivity (Wildman–Crippen MR) is 160 cm³/mol. The Bertz CT molecular complexity index is 1640. The number of methoxy groups -OCH3 is 1. The first-order valence-corrected chi connectivity index (χ1v) is 13.4. The van der Waals surface area contributed by atoms with Gasteiger partial charge in [-0.2, -0.15) is 5.26 Å². The van der Waals surface area contributed by atoms with Crippen LogP contribution in [-0.2, 0) is 5.60 Å². The lowest BCUT2D eigenvalue weighted by Gasteiger charge is -2.39. The van der Waals surface area contributed by atoms with Crippen LogP contribution in [0.1, 0.15) is 34.6 Å². The molecule has 0 aliphatic rings. The van der Waals surface area contributed by atoms with E-state index in [0.29, 0.717) is 24.4 Å². The number of nitrogens with zero attached hydrogens (tertiary/aromatic N) is 3. The fraction of sp³-hybridized carbons (Fsp3) is 0.200. The average Bonchev–Trinajstić information content (AvgIpc) is 3.00. The third-order valence-electron chi connectivity index (χ3n) is 7.51. The number of benzene rings is 4. The van der Waals surface area contributed by atoms with Crippen molar-refractivity contribution in [1.29, 1.82) is 5.26 Å². The van der Waals surface area contributed by atoms with Crippen LogP contribution in [0.3, 0.4) is 0 Å². The van der Waals surface area contributed by atoms with Crippen molar-refractivity contribution in [3.8, 4) is 23.2 Å². The molecule has 5 rings (SSSR count). The van der Waals surface area contributed by atoms with E-state index in [4.69, 9.17) is 9.72 Å². The van der Waals surface area contributed by atoms with Gasteiger partial charge in [0.15, 0.2) is 0 Å². The SMILES string of the molecule is COc1nc(-c2ccc(C#N)cc2)ccc1[C@@H](c1ccccc1)[C@@](O)(CCN(C)C)c1cccc2ccccc12. The molecule has 5 heteroatoms. The third-order valence-corrected chi connectivity index (χ3v) is 7.51. The zero-order chi connectivity index (χ0) is 28.1. The number of ether oxygens (including phenoxy) is 1. The summed E-state index contributed by atoms with van der Waals surface area (Å²) in [5.41, 5.74) is 3.59. The van der Waals surface area contributed by atoms with Gasteiger partial charge in [-0.1, -0.05) is 91.0 Å². The maximum atomic E-state index is 13.0. The Labute approximate surface area is 235 Å². The number of aliphatic hydroxyl groups is 1. The highest BCUT2D eigenvalue weighted by molar-refractivity contribution is 5.86. The van der Waals surface area contributed by atoms with Gasteiger partial charge in [0, 0.05) is 23.6 Å². The Morgan fingerprint density at radius 1 is 0.875 bits per heavy atom. The van der Waals surface area contributed by atoms with E-state index in [1.54, 1.807) is 19.2 Å². The van der Waals surface area contributed by atoms with Crippen molar-refractivity contribution < 1.29 is 9.84 Å². The molecule has 0 bridgehead atoms. The average molecular weight is 528 g/mol. The van der Waals surface area contributed by atoms with Crippen molar-refractivity contribution in [3.05, 3.63) is 131 Å². The molecule has 0 aliphatic carbocycles. The Morgan fingerprint density at radius 3 is 2.27 bits per heavy atom. The van der Waals surface area contributed by atoms with E-state index >= 15 is 0 Å². The molecule has 0 saturated heterocycles. The minimum absolute atomic E-state index is 0.458. The van der Waals surface area contributed by atoms with E-state index in [2.05, 4.69) is 41.3 Å². The van der Waals surface area contributed by atoms with Crippen LogP contribution in [0.15, 0.2) is 109 Å². The maximum Gasteiger partial charge on any atom is 0.217 e. The molecule has 0 saturated carbocycles. The molecule has 0 amide bonds. The second kappa shape index (κ2) is 11.7. The summed E-state index contributed by atoms with van der Waals surface area (Å²) in [5.74, 6) is -0.00357. The first kappa shape index (κ1) is 27.1. The van der Waals surface area contributed by atoms with E-state index in [1.807, 2.05) is 80.8 Å². The van der Waals surface area contributed by atoms with Gasteiger partial charge < -0.3 is 14.7 Å². The lowest BCUT2D eigenvalue weighted by Crippen LogP contribution is -2.38. The van der Waals surface area contributed by atoms with Gasteiger partial charge in [-0.3, -0.25) is 0 Å². The quantitative estimate of drug-likeness (QED) is 0.230. The van der Waals surface area contributed by atoms with Gasteiger partial charge in [-0.05, 0) is 60.6 Å². The van der Waals surface area contributed by atoms with E-state index in [9.17, 15) is 10.4 Å². The summed E-state index contributed by atoms with van der Waals surface area (Å²) in [4.78, 5) is 7.00. The molecule has 1 N–H and O–H groups in total. The molecule has 4 aromatic carbocycles. The number of hydrogen-bond donors (Lipinski definition) is 1. The van der Waals surface area contributed by atoms with Crippen molar-refractivity contribution in [3.63, 3.8) is 0 Å². The highest BCUT2D eigenvalue weighted by Crippen LogP contribution is 2.48. The molecule has 1 aromatic heterocycles. The van der Waals surface area contributed by atoms with E-state index in [-0.39, 0.29) is 0 Å². The summed E-state index contributed by atoms with van der Waals surface area (Å²) in [7, 11) is 5.67. The smallest absolute Gasteiger partial charge is 0.217 e. The Balaban J connectivity index is 1.74. The van der Waals surface area contributed by atoms with Crippen molar-refractivity contribution in [1.82, 2.24) is 9.88 Å². The van der Waals surface area contributed by atoms with Crippen LogP contribution < -0.4 is 4.74 Å². The fourth-order valence-corrected chi connectivity index (χ4v) is 5.50. The Morgan fingerprint density at radius 2 is 1.57 bits per heavy atom. The lowest BCUT2D eigenvalue weighted by atomic mass is 9.70. The second-order valence-corrected chi connectivity index (χ2v) is 10.3. The van der Waals surface area contributed by atoms with Crippen LogP contribution in [0, 0.1) is 11.3 Å². The molecule has 200 valence electrons. The number of hydrogen-bond acceptors (Lipinski definition) is 5. The highest BCUT2D eigenvalue weighted by atomic mass is 16.5. The topological polar surface area (TPSA) is 69.4 Å². The summed E-state index contributed by atoms with van der Waals surface area (Å²) in [6, 6.07) is 37.9. The standard InChI is InChI=1S/C35H33N3O2/c1-38(2)23-22-35(39,31-15-9-13-26-10-7-8-14-29(26)31)33(28-11-5-4-6-12-28)30-20-21-32(37-34(30)40-3)27-18-16-25(24-36)17-19-27/h4-21,33,39H,22-23H2,1-3H3/t33-,35-/m1/s1. The molecule has 0 aliphatic heterocycles. The minimum atomic E-state index is -1.28. The first-order valence-electron chi connectivity index (χ1n) is 13.4. The summed E-state index contributed by atoms with van der Waals surface area (Å²) in [5, 5.41) is 24.3. The molecular weight excluding hydrogens is 494 g/mol. The largest absolute Gasteiger partial charge is 0.481 e. The Hall–Kier alpha value is -4.50. The van der Waals surface area contributed by atoms with Crippen LogP contribution in [0.2, 0.25) is 0 Å². The van der Waals surface area contributed by atoms with Crippen LogP contribution in [0.25, 0.3) is 22.0 Å². The molecule has 0 radical (unpaired) electrons. The number of pyridine rings is 1. The van der Waals surface area contributed by atoms with Gasteiger partial charge >= 0.3 is 0 Å². The zero-order valence-electron chi connectivity index (χ0n) is 23.1.